The Balaban J connectivity index is 1.78. The zero-order valence-corrected chi connectivity index (χ0v) is 8.57. The van der Waals surface area contributed by atoms with Crippen LogP contribution in [0.2, 0.25) is 0 Å². The average Bonchev–Trinajstić information content (AvgIpc) is 2.63. The molecule has 1 fully saturated rings. The summed E-state index contributed by atoms with van der Waals surface area (Å²) < 4.78 is 5.68. The number of hydrogen-bond acceptors (Lipinski definition) is 2. The van der Waals surface area contributed by atoms with Gasteiger partial charge >= 0.3 is 0 Å². The van der Waals surface area contributed by atoms with Gasteiger partial charge < -0.3 is 10.1 Å². The zero-order valence-electron chi connectivity index (χ0n) is 8.57. The summed E-state index contributed by atoms with van der Waals surface area (Å²) in [7, 11) is 0. The first kappa shape index (κ1) is 9.53. The highest BCUT2D eigenvalue weighted by atomic mass is 16.5. The molecule has 0 aromatic heterocycles. The van der Waals surface area contributed by atoms with Crippen molar-refractivity contribution in [1.82, 2.24) is 5.32 Å². The number of rotatable bonds is 3. The Kier molecular flexibility index (Phi) is 3.04. The second kappa shape index (κ2) is 4.47. The van der Waals surface area contributed by atoms with Crippen LogP contribution < -0.4 is 10.1 Å². The number of nitrogens with one attached hydrogen (secondary N) is 1. The summed E-state index contributed by atoms with van der Waals surface area (Å²) in [6.07, 6.45) is 1.23. The van der Waals surface area contributed by atoms with Gasteiger partial charge in [0.05, 0.1) is 0 Å². The van der Waals surface area contributed by atoms with Gasteiger partial charge in [-0.15, -0.1) is 0 Å². The lowest BCUT2D eigenvalue weighted by molar-refractivity contribution is 0.275. The fourth-order valence-corrected chi connectivity index (χ4v) is 1.86. The molecule has 0 amide bonds. The molecule has 0 spiro atoms. The van der Waals surface area contributed by atoms with Crippen molar-refractivity contribution in [3.63, 3.8) is 0 Å². The van der Waals surface area contributed by atoms with Crippen molar-refractivity contribution >= 4 is 0 Å². The minimum atomic E-state index is 0.533. The summed E-state index contributed by atoms with van der Waals surface area (Å²) in [6, 6.07) is 10.5. The van der Waals surface area contributed by atoms with Gasteiger partial charge in [0.25, 0.3) is 0 Å². The van der Waals surface area contributed by atoms with E-state index in [1.807, 2.05) is 30.3 Å². The van der Waals surface area contributed by atoms with E-state index in [2.05, 4.69) is 12.2 Å². The van der Waals surface area contributed by atoms with Gasteiger partial charge in [-0.3, -0.25) is 0 Å². The van der Waals surface area contributed by atoms with Gasteiger partial charge in [0.15, 0.2) is 0 Å². The minimum Gasteiger partial charge on any atom is -0.492 e. The Bertz CT molecular complexity index is 273. The van der Waals surface area contributed by atoms with Crippen LogP contribution in [0.1, 0.15) is 13.3 Å². The lowest BCUT2D eigenvalue weighted by atomic mass is 10.1. The molecule has 14 heavy (non-hydrogen) atoms. The first-order chi connectivity index (χ1) is 6.84. The molecule has 2 atom stereocenters. The smallest absolute Gasteiger partial charge is 0.119 e. The standard InChI is InChI=1S/C12H17NO/c1-10-7-11(13-8-10)9-14-12-5-3-2-4-6-12/h2-6,10-11,13H,7-9H2,1H3/t10-,11+/m1/s1. The number of benzene rings is 1. The van der Waals surface area contributed by atoms with Crippen LogP contribution in [0.15, 0.2) is 30.3 Å². The van der Waals surface area contributed by atoms with E-state index >= 15 is 0 Å². The van der Waals surface area contributed by atoms with Gasteiger partial charge in [-0.05, 0) is 31.0 Å². The van der Waals surface area contributed by atoms with Crippen LogP contribution >= 0.6 is 0 Å². The molecule has 0 saturated carbocycles. The molecule has 0 bridgehead atoms. The summed E-state index contributed by atoms with van der Waals surface area (Å²) in [5.74, 6) is 1.76. The number of para-hydroxylation sites is 1. The van der Waals surface area contributed by atoms with Crippen LogP contribution in [0, 0.1) is 5.92 Å². The third kappa shape index (κ3) is 2.48. The molecule has 1 N–H and O–H groups in total. The minimum absolute atomic E-state index is 0.533. The van der Waals surface area contributed by atoms with Crippen LogP contribution in [-0.4, -0.2) is 19.2 Å². The molecule has 0 unspecified atom stereocenters. The van der Waals surface area contributed by atoms with Crippen molar-refractivity contribution < 1.29 is 4.74 Å². The van der Waals surface area contributed by atoms with Crippen LogP contribution in [0.25, 0.3) is 0 Å². The molecular formula is C12H17NO. The van der Waals surface area contributed by atoms with E-state index < -0.39 is 0 Å². The van der Waals surface area contributed by atoms with Crippen LogP contribution in [0.4, 0.5) is 0 Å². The molecule has 76 valence electrons. The summed E-state index contributed by atoms with van der Waals surface area (Å²) in [5, 5.41) is 3.45. The van der Waals surface area contributed by atoms with Gasteiger partial charge in [-0.25, -0.2) is 0 Å². The lowest BCUT2D eigenvalue weighted by Crippen LogP contribution is -2.28. The summed E-state index contributed by atoms with van der Waals surface area (Å²) >= 11 is 0. The maximum absolute atomic E-state index is 5.68. The summed E-state index contributed by atoms with van der Waals surface area (Å²) in [6.45, 7) is 4.19. The van der Waals surface area contributed by atoms with Crippen molar-refractivity contribution in [1.29, 1.82) is 0 Å². The zero-order chi connectivity index (χ0) is 9.80. The third-order valence-corrected chi connectivity index (χ3v) is 2.64. The average molecular weight is 191 g/mol. The fraction of sp³-hybridized carbons (Fsp3) is 0.500. The molecule has 2 heteroatoms. The van der Waals surface area contributed by atoms with E-state index in [-0.39, 0.29) is 0 Å². The highest BCUT2D eigenvalue weighted by molar-refractivity contribution is 5.20. The van der Waals surface area contributed by atoms with Gasteiger partial charge in [0.2, 0.25) is 0 Å². The summed E-state index contributed by atoms with van der Waals surface area (Å²) in [5.41, 5.74) is 0. The normalized spacial score (nSPS) is 26.4. The lowest BCUT2D eigenvalue weighted by Gasteiger charge is -2.11. The molecule has 2 rings (SSSR count). The first-order valence-electron chi connectivity index (χ1n) is 5.26. The highest BCUT2D eigenvalue weighted by Gasteiger charge is 2.20. The Labute approximate surface area is 85.3 Å². The van der Waals surface area contributed by atoms with Gasteiger partial charge in [0, 0.05) is 6.04 Å². The van der Waals surface area contributed by atoms with Crippen molar-refractivity contribution in [3.8, 4) is 5.75 Å². The van der Waals surface area contributed by atoms with Gasteiger partial charge in [-0.2, -0.15) is 0 Å². The Morgan fingerprint density at radius 2 is 2.14 bits per heavy atom. The maximum atomic E-state index is 5.68. The van der Waals surface area contributed by atoms with Crippen molar-refractivity contribution in [3.05, 3.63) is 30.3 Å². The van der Waals surface area contributed by atoms with E-state index in [4.69, 9.17) is 4.74 Å². The highest BCUT2D eigenvalue weighted by Crippen LogP contribution is 2.15. The molecule has 1 heterocycles. The van der Waals surface area contributed by atoms with E-state index in [0.29, 0.717) is 6.04 Å². The van der Waals surface area contributed by atoms with E-state index in [0.717, 1.165) is 24.8 Å². The maximum Gasteiger partial charge on any atom is 0.119 e. The SMILES string of the molecule is C[C@H]1CN[C@H](COc2ccccc2)C1. The van der Waals surface area contributed by atoms with E-state index in [9.17, 15) is 0 Å². The predicted molar refractivity (Wildman–Crippen MR) is 57.5 cm³/mol. The quantitative estimate of drug-likeness (QED) is 0.789. The van der Waals surface area contributed by atoms with Crippen molar-refractivity contribution in [2.45, 2.75) is 19.4 Å². The van der Waals surface area contributed by atoms with E-state index in [1.54, 1.807) is 0 Å². The molecule has 1 aromatic carbocycles. The van der Waals surface area contributed by atoms with Crippen LogP contribution in [0.5, 0.6) is 5.75 Å². The van der Waals surface area contributed by atoms with Crippen LogP contribution in [0.3, 0.4) is 0 Å². The molecule has 0 radical (unpaired) electrons. The Morgan fingerprint density at radius 3 is 2.79 bits per heavy atom. The number of ether oxygens (including phenoxy) is 1. The first-order valence-corrected chi connectivity index (χ1v) is 5.26. The predicted octanol–water partition coefficient (Wildman–Crippen LogP) is 2.06. The molecular weight excluding hydrogens is 174 g/mol. The summed E-state index contributed by atoms with van der Waals surface area (Å²) in [4.78, 5) is 0. The second-order valence-electron chi connectivity index (χ2n) is 4.07. The Morgan fingerprint density at radius 1 is 1.36 bits per heavy atom. The molecule has 2 nitrogen and oxygen atoms in total. The largest absolute Gasteiger partial charge is 0.492 e. The fourth-order valence-electron chi connectivity index (χ4n) is 1.86. The van der Waals surface area contributed by atoms with E-state index in [1.165, 1.54) is 6.42 Å². The number of hydrogen-bond donors (Lipinski definition) is 1. The molecule has 1 aliphatic rings. The molecule has 1 saturated heterocycles. The molecule has 1 aromatic rings. The Hall–Kier alpha value is -1.02. The second-order valence-corrected chi connectivity index (χ2v) is 4.07. The monoisotopic (exact) mass is 191 g/mol. The van der Waals surface area contributed by atoms with Crippen molar-refractivity contribution in [2.75, 3.05) is 13.2 Å². The van der Waals surface area contributed by atoms with Crippen molar-refractivity contribution in [2.24, 2.45) is 5.92 Å². The molecule has 0 aliphatic carbocycles. The van der Waals surface area contributed by atoms with Gasteiger partial charge in [0.1, 0.15) is 12.4 Å². The third-order valence-electron chi connectivity index (χ3n) is 2.64. The topological polar surface area (TPSA) is 21.3 Å². The molecule has 1 aliphatic heterocycles. The van der Waals surface area contributed by atoms with Crippen LogP contribution in [-0.2, 0) is 0 Å². The van der Waals surface area contributed by atoms with Gasteiger partial charge in [-0.1, -0.05) is 25.1 Å².